The maximum atomic E-state index is 12.1. The first-order valence-electron chi connectivity index (χ1n) is 10.8. The topological polar surface area (TPSA) is 73.3 Å². The summed E-state index contributed by atoms with van der Waals surface area (Å²) in [6.07, 6.45) is 14.6. The Balaban J connectivity index is 1.94. The van der Waals surface area contributed by atoms with Crippen molar-refractivity contribution in [3.8, 4) is 0 Å². The number of thiazole rings is 1. The third-order valence-corrected chi connectivity index (χ3v) is 7.88. The number of sulfone groups is 1. The minimum absolute atomic E-state index is 0.324. The molecule has 0 aliphatic heterocycles. The number of rotatable bonds is 14. The number of unbranched alkanes of at least 4 members (excludes halogenated alkanes) is 9. The molecule has 5 nitrogen and oxygen atoms in total. The molecule has 0 saturated heterocycles. The number of benzene rings is 1. The van der Waals surface area contributed by atoms with Gasteiger partial charge in [0, 0.05) is 13.2 Å². The van der Waals surface area contributed by atoms with Gasteiger partial charge in [0.2, 0.25) is 0 Å². The van der Waals surface area contributed by atoms with Crippen molar-refractivity contribution in [3.63, 3.8) is 0 Å². The zero-order valence-electron chi connectivity index (χ0n) is 18.2. The first-order valence-corrected chi connectivity index (χ1v) is 14.2. The molecular weight excluding hydrogens is 438 g/mol. The van der Waals surface area contributed by atoms with E-state index in [-0.39, 0.29) is 5.97 Å². The van der Waals surface area contributed by atoms with E-state index >= 15 is 0 Å². The normalized spacial score (nSPS) is 11.8. The SMILES string of the molecule is CCCCCCCCCCCCc1cc(S(C)(=O)=O)cc2sc(SOC(C)=O)nc12. The van der Waals surface area contributed by atoms with E-state index in [1.807, 2.05) is 0 Å². The lowest BCUT2D eigenvalue weighted by Gasteiger charge is -2.06. The minimum atomic E-state index is -3.30. The summed E-state index contributed by atoms with van der Waals surface area (Å²) >= 11 is 2.28. The molecule has 0 unspecified atom stereocenters. The number of hydrogen-bond donors (Lipinski definition) is 0. The van der Waals surface area contributed by atoms with E-state index in [4.69, 9.17) is 4.18 Å². The summed E-state index contributed by atoms with van der Waals surface area (Å²) in [5.41, 5.74) is 1.77. The van der Waals surface area contributed by atoms with Crippen LogP contribution < -0.4 is 0 Å². The number of hydrogen-bond acceptors (Lipinski definition) is 7. The van der Waals surface area contributed by atoms with Crippen LogP contribution in [-0.4, -0.2) is 25.6 Å². The molecule has 1 aromatic carbocycles. The molecule has 1 aromatic heterocycles. The van der Waals surface area contributed by atoms with Crippen molar-refractivity contribution in [2.75, 3.05) is 6.26 Å². The second kappa shape index (κ2) is 12.7. The Hall–Kier alpha value is -1.12. The van der Waals surface area contributed by atoms with E-state index < -0.39 is 9.84 Å². The summed E-state index contributed by atoms with van der Waals surface area (Å²) in [5.74, 6) is -0.387. The number of fused-ring (bicyclic) bond motifs is 1. The Kier molecular flexibility index (Phi) is 10.6. The minimum Gasteiger partial charge on any atom is -0.384 e. The predicted molar refractivity (Wildman–Crippen MR) is 126 cm³/mol. The van der Waals surface area contributed by atoms with Gasteiger partial charge in [-0.25, -0.2) is 13.4 Å². The highest BCUT2D eigenvalue weighted by Crippen LogP contribution is 2.34. The summed E-state index contributed by atoms with van der Waals surface area (Å²) in [7, 11) is -3.30. The molecule has 0 saturated carbocycles. The molecule has 0 spiro atoms. The van der Waals surface area contributed by atoms with Crippen LogP contribution in [0.15, 0.2) is 21.4 Å². The molecule has 0 N–H and O–H groups in total. The monoisotopic (exact) mass is 471 g/mol. The molecule has 0 bridgehead atoms. The number of nitrogens with zero attached hydrogens (tertiary/aromatic N) is 1. The lowest BCUT2D eigenvalue weighted by atomic mass is 10.0. The molecule has 8 heteroatoms. The van der Waals surface area contributed by atoms with Gasteiger partial charge in [-0.15, -0.1) is 11.3 Å². The van der Waals surface area contributed by atoms with Gasteiger partial charge >= 0.3 is 5.97 Å². The Morgan fingerprint density at radius 1 is 1.03 bits per heavy atom. The average Bonchev–Trinajstić information content (AvgIpc) is 3.10. The largest absolute Gasteiger partial charge is 0.384 e. The van der Waals surface area contributed by atoms with Crippen LogP contribution in [0.4, 0.5) is 0 Å². The standard InChI is InChI=1S/C22H33NO4S3/c1-4-5-6-7-8-9-10-11-12-13-14-18-15-19(30(3,25)26)16-20-21(18)23-22(28-20)29-27-17(2)24/h15-16H,4-14H2,1-3H3. The van der Waals surface area contributed by atoms with Gasteiger partial charge in [0.15, 0.2) is 14.2 Å². The van der Waals surface area contributed by atoms with Crippen LogP contribution in [0.2, 0.25) is 0 Å². The second-order valence-corrected chi connectivity index (χ2v) is 11.8. The van der Waals surface area contributed by atoms with Crippen molar-refractivity contribution in [2.45, 2.75) is 93.7 Å². The first kappa shape index (κ1) is 25.1. The molecular formula is C22H33NO4S3. The van der Waals surface area contributed by atoms with E-state index in [0.29, 0.717) is 9.24 Å². The van der Waals surface area contributed by atoms with Gasteiger partial charge in [0.25, 0.3) is 0 Å². The van der Waals surface area contributed by atoms with Crippen molar-refractivity contribution in [1.29, 1.82) is 0 Å². The van der Waals surface area contributed by atoms with E-state index in [1.54, 1.807) is 12.1 Å². The summed E-state index contributed by atoms with van der Waals surface area (Å²) < 4.78 is 30.6. The van der Waals surface area contributed by atoms with Crippen LogP contribution in [0, 0.1) is 0 Å². The first-order chi connectivity index (χ1) is 14.3. The number of carbonyl (C=O) groups is 1. The molecule has 0 aliphatic carbocycles. The Bertz CT molecular complexity index is 922. The van der Waals surface area contributed by atoms with E-state index in [1.165, 1.54) is 75.9 Å². The summed E-state index contributed by atoms with van der Waals surface area (Å²) in [6, 6.07) is 3.42. The molecule has 0 aliphatic rings. The Morgan fingerprint density at radius 3 is 2.20 bits per heavy atom. The van der Waals surface area contributed by atoms with E-state index in [0.717, 1.165) is 47.1 Å². The smallest absolute Gasteiger partial charge is 0.315 e. The van der Waals surface area contributed by atoms with Crippen LogP contribution in [0.25, 0.3) is 10.2 Å². The third kappa shape index (κ3) is 8.55. The van der Waals surface area contributed by atoms with Gasteiger partial charge in [-0.1, -0.05) is 64.7 Å². The molecule has 2 rings (SSSR count). The molecule has 0 atom stereocenters. The molecule has 2 aromatic rings. The molecule has 1 heterocycles. The maximum Gasteiger partial charge on any atom is 0.315 e. The highest BCUT2D eigenvalue weighted by molar-refractivity contribution is 7.97. The predicted octanol–water partition coefficient (Wildman–Crippen LogP) is 6.73. The van der Waals surface area contributed by atoms with Crippen LogP contribution >= 0.6 is 23.4 Å². The van der Waals surface area contributed by atoms with Crippen LogP contribution in [0.5, 0.6) is 0 Å². The lowest BCUT2D eigenvalue weighted by Crippen LogP contribution is -1.99. The molecule has 0 amide bonds. The number of aromatic nitrogens is 1. The van der Waals surface area contributed by atoms with Crippen molar-refractivity contribution < 1.29 is 17.4 Å². The molecule has 0 radical (unpaired) electrons. The zero-order valence-corrected chi connectivity index (χ0v) is 20.7. The number of carbonyl (C=O) groups excluding carboxylic acids is 1. The quantitative estimate of drug-likeness (QED) is 0.224. The lowest BCUT2D eigenvalue weighted by molar-refractivity contribution is -0.130. The van der Waals surface area contributed by atoms with Crippen molar-refractivity contribution >= 4 is 49.4 Å². The van der Waals surface area contributed by atoms with Gasteiger partial charge < -0.3 is 4.18 Å². The van der Waals surface area contributed by atoms with Crippen molar-refractivity contribution in [1.82, 2.24) is 4.98 Å². The van der Waals surface area contributed by atoms with Gasteiger partial charge in [0.05, 0.1) is 15.1 Å². The highest BCUT2D eigenvalue weighted by atomic mass is 32.2. The molecule has 168 valence electrons. The number of aryl methyl sites for hydroxylation is 1. The van der Waals surface area contributed by atoms with Gasteiger partial charge in [0.1, 0.15) is 12.0 Å². The second-order valence-electron chi connectivity index (χ2n) is 7.77. The Labute approximate surface area is 189 Å². The van der Waals surface area contributed by atoms with Crippen LogP contribution in [0.3, 0.4) is 0 Å². The van der Waals surface area contributed by atoms with E-state index in [2.05, 4.69) is 11.9 Å². The van der Waals surface area contributed by atoms with E-state index in [9.17, 15) is 13.2 Å². The fraction of sp³-hybridized carbons (Fsp3) is 0.636. The Morgan fingerprint density at radius 2 is 1.63 bits per heavy atom. The van der Waals surface area contributed by atoms with Crippen LogP contribution in [-0.2, 0) is 25.2 Å². The summed E-state index contributed by atoms with van der Waals surface area (Å²) in [5, 5.41) is 0. The zero-order chi connectivity index (χ0) is 22.0. The maximum absolute atomic E-state index is 12.1. The van der Waals surface area contributed by atoms with Crippen molar-refractivity contribution in [2.24, 2.45) is 0 Å². The van der Waals surface area contributed by atoms with Gasteiger partial charge in [-0.2, -0.15) is 0 Å². The fourth-order valence-electron chi connectivity index (χ4n) is 3.39. The third-order valence-electron chi connectivity index (χ3n) is 4.99. The van der Waals surface area contributed by atoms with Gasteiger partial charge in [-0.05, 0) is 30.5 Å². The summed E-state index contributed by atoms with van der Waals surface area (Å²) in [4.78, 5) is 16.0. The van der Waals surface area contributed by atoms with Crippen molar-refractivity contribution in [3.05, 3.63) is 17.7 Å². The van der Waals surface area contributed by atoms with Crippen LogP contribution in [0.1, 0.15) is 83.6 Å². The molecule has 30 heavy (non-hydrogen) atoms. The fourth-order valence-corrected chi connectivity index (χ4v) is 5.76. The highest BCUT2D eigenvalue weighted by Gasteiger charge is 2.16. The average molecular weight is 472 g/mol. The molecule has 0 fully saturated rings. The van der Waals surface area contributed by atoms with Gasteiger partial charge in [-0.3, -0.25) is 4.79 Å². The summed E-state index contributed by atoms with van der Waals surface area (Å²) in [6.45, 7) is 3.59.